The Labute approximate surface area is 123 Å². The average molecular weight is 308 g/mol. The third kappa shape index (κ3) is 2.64. The van der Waals surface area contributed by atoms with Crippen molar-refractivity contribution >= 4 is 10.0 Å². The minimum atomic E-state index is -3.48. The van der Waals surface area contributed by atoms with Crippen LogP contribution >= 0.6 is 0 Å². The molecule has 1 aliphatic heterocycles. The third-order valence-electron chi connectivity index (χ3n) is 3.59. The van der Waals surface area contributed by atoms with Crippen LogP contribution in [0.3, 0.4) is 0 Å². The molecule has 0 saturated carbocycles. The van der Waals surface area contributed by atoms with E-state index < -0.39 is 10.0 Å². The van der Waals surface area contributed by atoms with Gasteiger partial charge in [0.05, 0.1) is 30.4 Å². The molecule has 1 fully saturated rings. The molecule has 0 radical (unpaired) electrons. The summed E-state index contributed by atoms with van der Waals surface area (Å²) in [6, 6.07) is 6.42. The Bertz CT molecular complexity index is 698. The first kappa shape index (κ1) is 14.0. The molecular weight excluding hydrogens is 292 g/mol. The SMILES string of the molecule is COc1ccc(S(=O)(=O)N2CC[C@@H](n3nccn3)C2)cc1. The first-order valence-electron chi connectivity index (χ1n) is 6.61. The molecule has 7 nitrogen and oxygen atoms in total. The highest BCUT2D eigenvalue weighted by atomic mass is 32.2. The molecule has 21 heavy (non-hydrogen) atoms. The van der Waals surface area contributed by atoms with Crippen LogP contribution in [0, 0.1) is 0 Å². The number of rotatable bonds is 4. The molecule has 1 saturated heterocycles. The van der Waals surface area contributed by atoms with Crippen molar-refractivity contribution in [1.82, 2.24) is 19.3 Å². The molecule has 0 aliphatic carbocycles. The lowest BCUT2D eigenvalue weighted by Crippen LogP contribution is -2.29. The van der Waals surface area contributed by atoms with Crippen molar-refractivity contribution < 1.29 is 13.2 Å². The van der Waals surface area contributed by atoms with Crippen LogP contribution in [-0.4, -0.2) is 47.9 Å². The minimum Gasteiger partial charge on any atom is -0.497 e. The fourth-order valence-electron chi connectivity index (χ4n) is 2.43. The predicted molar refractivity (Wildman–Crippen MR) is 75.4 cm³/mol. The zero-order chi connectivity index (χ0) is 14.9. The highest BCUT2D eigenvalue weighted by Crippen LogP contribution is 2.27. The number of benzene rings is 1. The van der Waals surface area contributed by atoms with E-state index in [1.165, 1.54) is 4.31 Å². The van der Waals surface area contributed by atoms with Crippen LogP contribution in [0.4, 0.5) is 0 Å². The highest BCUT2D eigenvalue weighted by molar-refractivity contribution is 7.89. The molecule has 2 aromatic rings. The maximum absolute atomic E-state index is 12.6. The molecule has 1 atom stereocenters. The number of ether oxygens (including phenoxy) is 1. The summed E-state index contributed by atoms with van der Waals surface area (Å²) in [5, 5.41) is 8.16. The Morgan fingerprint density at radius 1 is 1.19 bits per heavy atom. The molecule has 112 valence electrons. The molecule has 3 rings (SSSR count). The van der Waals surface area contributed by atoms with Gasteiger partial charge in [0, 0.05) is 13.1 Å². The fourth-order valence-corrected chi connectivity index (χ4v) is 3.92. The molecule has 0 spiro atoms. The van der Waals surface area contributed by atoms with E-state index in [0.717, 1.165) is 0 Å². The molecule has 8 heteroatoms. The van der Waals surface area contributed by atoms with Gasteiger partial charge in [-0.05, 0) is 30.7 Å². The summed E-state index contributed by atoms with van der Waals surface area (Å²) >= 11 is 0. The van der Waals surface area contributed by atoms with Crippen LogP contribution in [0.5, 0.6) is 5.75 Å². The van der Waals surface area contributed by atoms with Crippen LogP contribution in [0.15, 0.2) is 41.6 Å². The number of aromatic nitrogens is 3. The third-order valence-corrected chi connectivity index (χ3v) is 5.47. The number of hydrogen-bond acceptors (Lipinski definition) is 5. The van der Waals surface area contributed by atoms with Crippen LogP contribution in [0.25, 0.3) is 0 Å². The van der Waals surface area contributed by atoms with E-state index >= 15 is 0 Å². The zero-order valence-corrected chi connectivity index (χ0v) is 12.4. The van der Waals surface area contributed by atoms with E-state index in [1.54, 1.807) is 48.6 Å². The van der Waals surface area contributed by atoms with Crippen molar-refractivity contribution in [2.75, 3.05) is 20.2 Å². The van der Waals surface area contributed by atoms with Crippen LogP contribution in [0.1, 0.15) is 12.5 Å². The second kappa shape index (κ2) is 5.45. The quantitative estimate of drug-likeness (QED) is 0.839. The molecular formula is C13H16N4O3S. The van der Waals surface area contributed by atoms with Crippen LogP contribution in [0.2, 0.25) is 0 Å². The van der Waals surface area contributed by atoms with E-state index in [9.17, 15) is 8.42 Å². The monoisotopic (exact) mass is 308 g/mol. The maximum atomic E-state index is 12.6. The van der Waals surface area contributed by atoms with Gasteiger partial charge in [-0.3, -0.25) is 0 Å². The first-order valence-corrected chi connectivity index (χ1v) is 8.05. The Morgan fingerprint density at radius 2 is 1.86 bits per heavy atom. The van der Waals surface area contributed by atoms with Crippen molar-refractivity contribution in [3.63, 3.8) is 0 Å². The van der Waals surface area contributed by atoms with E-state index in [-0.39, 0.29) is 10.9 Å². The summed E-state index contributed by atoms with van der Waals surface area (Å²) in [6.45, 7) is 0.865. The topological polar surface area (TPSA) is 77.3 Å². The van der Waals surface area contributed by atoms with Gasteiger partial charge in [-0.15, -0.1) is 0 Å². The fraction of sp³-hybridized carbons (Fsp3) is 0.385. The average Bonchev–Trinajstić information content (AvgIpc) is 3.18. The smallest absolute Gasteiger partial charge is 0.243 e. The van der Waals surface area contributed by atoms with Gasteiger partial charge < -0.3 is 4.74 Å². The van der Waals surface area contributed by atoms with E-state index in [0.29, 0.717) is 25.3 Å². The summed E-state index contributed by atoms with van der Waals surface area (Å²) in [4.78, 5) is 1.85. The van der Waals surface area contributed by atoms with Crippen molar-refractivity contribution in [3.05, 3.63) is 36.7 Å². The number of nitrogens with zero attached hydrogens (tertiary/aromatic N) is 4. The van der Waals surface area contributed by atoms with Gasteiger partial charge in [0.1, 0.15) is 5.75 Å². The molecule has 0 N–H and O–H groups in total. The lowest BCUT2D eigenvalue weighted by molar-refractivity contribution is 0.402. The maximum Gasteiger partial charge on any atom is 0.243 e. The lowest BCUT2D eigenvalue weighted by atomic mass is 10.3. The van der Waals surface area contributed by atoms with Crippen molar-refractivity contribution in [1.29, 1.82) is 0 Å². The molecule has 1 aliphatic rings. The van der Waals surface area contributed by atoms with Gasteiger partial charge >= 0.3 is 0 Å². The lowest BCUT2D eigenvalue weighted by Gasteiger charge is -2.16. The Morgan fingerprint density at radius 3 is 2.48 bits per heavy atom. The highest BCUT2D eigenvalue weighted by Gasteiger charge is 2.34. The number of sulfonamides is 1. The number of methoxy groups -OCH3 is 1. The zero-order valence-electron chi connectivity index (χ0n) is 11.6. The van der Waals surface area contributed by atoms with Gasteiger partial charge in [0.2, 0.25) is 10.0 Å². The van der Waals surface area contributed by atoms with E-state index in [1.807, 2.05) is 0 Å². The van der Waals surface area contributed by atoms with Crippen molar-refractivity contribution in [2.45, 2.75) is 17.4 Å². The van der Waals surface area contributed by atoms with Gasteiger partial charge in [-0.25, -0.2) is 8.42 Å². The second-order valence-electron chi connectivity index (χ2n) is 4.83. The first-order chi connectivity index (χ1) is 10.1. The molecule has 0 amide bonds. The Hall–Kier alpha value is -1.93. The Balaban J connectivity index is 1.79. The Kier molecular flexibility index (Phi) is 3.64. The van der Waals surface area contributed by atoms with Crippen molar-refractivity contribution in [2.24, 2.45) is 0 Å². The largest absolute Gasteiger partial charge is 0.497 e. The standard InChI is InChI=1S/C13H16N4O3S/c1-20-12-2-4-13(5-3-12)21(18,19)16-9-6-11(10-16)17-14-7-8-15-17/h2-5,7-8,11H,6,9-10H2,1H3/t11-/m1/s1. The summed E-state index contributed by atoms with van der Waals surface area (Å²) in [5.41, 5.74) is 0. The van der Waals surface area contributed by atoms with Crippen LogP contribution < -0.4 is 4.74 Å². The minimum absolute atomic E-state index is 0.00646. The van der Waals surface area contributed by atoms with E-state index in [4.69, 9.17) is 4.74 Å². The summed E-state index contributed by atoms with van der Waals surface area (Å²) in [6.07, 6.45) is 3.91. The molecule has 1 aromatic carbocycles. The molecule has 1 aromatic heterocycles. The summed E-state index contributed by atoms with van der Waals surface area (Å²) in [7, 11) is -1.93. The van der Waals surface area contributed by atoms with E-state index in [2.05, 4.69) is 10.2 Å². The summed E-state index contributed by atoms with van der Waals surface area (Å²) < 4.78 is 31.7. The van der Waals surface area contributed by atoms with Gasteiger partial charge in [-0.1, -0.05) is 0 Å². The van der Waals surface area contributed by atoms with Crippen LogP contribution in [-0.2, 0) is 10.0 Å². The van der Waals surface area contributed by atoms with Crippen molar-refractivity contribution in [3.8, 4) is 5.75 Å². The molecule has 0 bridgehead atoms. The second-order valence-corrected chi connectivity index (χ2v) is 6.77. The molecule has 0 unspecified atom stereocenters. The van der Waals surface area contributed by atoms with Gasteiger partial charge in [-0.2, -0.15) is 19.3 Å². The van der Waals surface area contributed by atoms with Gasteiger partial charge in [0.25, 0.3) is 0 Å². The molecule has 2 heterocycles. The predicted octanol–water partition coefficient (Wildman–Crippen LogP) is 0.922. The summed E-state index contributed by atoms with van der Waals surface area (Å²) in [5.74, 6) is 0.633. The number of hydrogen-bond donors (Lipinski definition) is 0. The van der Waals surface area contributed by atoms with Gasteiger partial charge in [0.15, 0.2) is 0 Å². The normalized spacial score (nSPS) is 19.8.